The second-order valence-corrected chi connectivity index (χ2v) is 9.54. The molecular formula is C24H37N9O11. The number of rotatable bonds is 20. The molecular weight excluding hydrogens is 590 g/mol. The van der Waals surface area contributed by atoms with Gasteiger partial charge in [0, 0.05) is 31.2 Å². The van der Waals surface area contributed by atoms with Crippen molar-refractivity contribution in [2.45, 2.75) is 69.2 Å². The summed E-state index contributed by atoms with van der Waals surface area (Å²) < 4.78 is 0. The maximum atomic E-state index is 12.8. The Labute approximate surface area is 250 Å². The average molecular weight is 628 g/mol. The van der Waals surface area contributed by atoms with Crippen LogP contribution < -0.4 is 38.1 Å². The second kappa shape index (κ2) is 18.4. The van der Waals surface area contributed by atoms with E-state index in [1.54, 1.807) is 0 Å². The van der Waals surface area contributed by atoms with Gasteiger partial charge in [-0.2, -0.15) is 0 Å². The molecule has 0 bridgehead atoms. The SMILES string of the molecule is C[C@H](NC(=O)[C@H](CCC(N)=O)NC(=O)[C@@H](N)Cc1cnc[nH]1)C(=O)NCC(=O)N[C@@H](CCC(=O)O)C(=O)N[C@@H](CO)C(=O)O. The van der Waals surface area contributed by atoms with Gasteiger partial charge in [-0.1, -0.05) is 0 Å². The summed E-state index contributed by atoms with van der Waals surface area (Å²) in [6, 6.07) is -6.88. The smallest absolute Gasteiger partial charge is 0.328 e. The fraction of sp³-hybridized carbons (Fsp3) is 0.542. The number of hydrogen-bond acceptors (Lipinski definition) is 11. The number of carbonyl (C=O) groups excluding carboxylic acids is 6. The van der Waals surface area contributed by atoms with Crippen molar-refractivity contribution in [3.63, 3.8) is 0 Å². The normalized spacial score (nSPS) is 14.1. The molecule has 244 valence electrons. The summed E-state index contributed by atoms with van der Waals surface area (Å²) >= 11 is 0. The van der Waals surface area contributed by atoms with Crippen molar-refractivity contribution in [2.75, 3.05) is 13.2 Å². The maximum Gasteiger partial charge on any atom is 0.328 e. The van der Waals surface area contributed by atoms with Gasteiger partial charge in [0.15, 0.2) is 0 Å². The molecule has 20 nitrogen and oxygen atoms in total. The van der Waals surface area contributed by atoms with Gasteiger partial charge in [0.05, 0.1) is 25.5 Å². The minimum Gasteiger partial charge on any atom is -0.481 e. The maximum absolute atomic E-state index is 12.8. The largest absolute Gasteiger partial charge is 0.481 e. The van der Waals surface area contributed by atoms with E-state index in [-0.39, 0.29) is 19.3 Å². The predicted octanol–water partition coefficient (Wildman–Crippen LogP) is -5.44. The number of nitrogens with one attached hydrogen (secondary N) is 6. The first-order valence-corrected chi connectivity index (χ1v) is 13.2. The highest BCUT2D eigenvalue weighted by molar-refractivity contribution is 5.95. The number of aliphatic carboxylic acids is 2. The molecule has 1 heterocycles. The molecule has 0 aliphatic rings. The molecule has 1 aromatic heterocycles. The van der Waals surface area contributed by atoms with E-state index in [9.17, 15) is 38.4 Å². The number of H-pyrrole nitrogens is 1. The van der Waals surface area contributed by atoms with Crippen LogP contribution in [0.2, 0.25) is 0 Å². The summed E-state index contributed by atoms with van der Waals surface area (Å²) in [7, 11) is 0. The number of nitrogens with two attached hydrogens (primary N) is 2. The lowest BCUT2D eigenvalue weighted by Crippen LogP contribution is -2.56. The number of carboxylic acids is 2. The molecule has 0 spiro atoms. The number of primary amides is 1. The van der Waals surface area contributed by atoms with E-state index in [0.717, 1.165) is 0 Å². The molecule has 5 atom stereocenters. The Kier molecular flexibility index (Phi) is 15.5. The fourth-order valence-corrected chi connectivity index (χ4v) is 3.50. The first kappa shape index (κ1) is 36.9. The monoisotopic (exact) mass is 627 g/mol. The molecule has 0 saturated carbocycles. The Bertz CT molecular complexity index is 1190. The Morgan fingerprint density at radius 2 is 1.45 bits per heavy atom. The minimum absolute atomic E-state index is 0.0667. The van der Waals surface area contributed by atoms with Gasteiger partial charge in [0.1, 0.15) is 24.2 Å². The lowest BCUT2D eigenvalue weighted by atomic mass is 10.1. The van der Waals surface area contributed by atoms with Gasteiger partial charge in [-0.3, -0.25) is 33.6 Å². The van der Waals surface area contributed by atoms with Crippen molar-refractivity contribution < 1.29 is 53.7 Å². The Hall–Kier alpha value is -5.11. The third kappa shape index (κ3) is 13.7. The fourth-order valence-electron chi connectivity index (χ4n) is 3.50. The predicted molar refractivity (Wildman–Crippen MR) is 147 cm³/mol. The average Bonchev–Trinajstić information content (AvgIpc) is 3.46. The van der Waals surface area contributed by atoms with Crippen LogP contribution in [0.15, 0.2) is 12.5 Å². The van der Waals surface area contributed by atoms with Crippen molar-refractivity contribution in [2.24, 2.45) is 11.5 Å². The number of carboxylic acid groups (broad SMARTS) is 2. The van der Waals surface area contributed by atoms with Crippen LogP contribution in [0.25, 0.3) is 0 Å². The number of aliphatic hydroxyl groups excluding tert-OH is 1. The van der Waals surface area contributed by atoms with Gasteiger partial charge in [-0.25, -0.2) is 9.78 Å². The first-order chi connectivity index (χ1) is 20.6. The molecule has 6 amide bonds. The lowest BCUT2D eigenvalue weighted by Gasteiger charge is -2.22. The summed E-state index contributed by atoms with van der Waals surface area (Å²) in [5.41, 5.74) is 11.6. The molecule has 13 N–H and O–H groups in total. The number of nitrogens with zero attached hydrogens (tertiary/aromatic N) is 1. The van der Waals surface area contributed by atoms with Gasteiger partial charge in [0.25, 0.3) is 0 Å². The van der Waals surface area contributed by atoms with Crippen molar-refractivity contribution >= 4 is 47.4 Å². The van der Waals surface area contributed by atoms with E-state index in [1.807, 2.05) is 5.32 Å². The highest BCUT2D eigenvalue weighted by atomic mass is 16.4. The van der Waals surface area contributed by atoms with Crippen molar-refractivity contribution in [1.82, 2.24) is 36.6 Å². The molecule has 44 heavy (non-hydrogen) atoms. The van der Waals surface area contributed by atoms with Crippen LogP contribution in [-0.4, -0.2) is 116 Å². The summed E-state index contributed by atoms with van der Waals surface area (Å²) in [6.07, 6.45) is 1.42. The van der Waals surface area contributed by atoms with Crippen molar-refractivity contribution in [3.8, 4) is 0 Å². The van der Waals surface area contributed by atoms with Crippen molar-refractivity contribution in [1.29, 1.82) is 0 Å². The molecule has 0 aliphatic carbocycles. The van der Waals surface area contributed by atoms with Crippen LogP contribution >= 0.6 is 0 Å². The van der Waals surface area contributed by atoms with Crippen LogP contribution in [-0.2, 0) is 44.8 Å². The topological polar surface area (TPSA) is 338 Å². The third-order valence-corrected chi connectivity index (χ3v) is 5.91. The van der Waals surface area contributed by atoms with Crippen LogP contribution in [0.5, 0.6) is 0 Å². The van der Waals surface area contributed by atoms with Crippen LogP contribution in [0.4, 0.5) is 0 Å². The minimum atomic E-state index is -1.71. The summed E-state index contributed by atoms with van der Waals surface area (Å²) in [5.74, 6) is -8.13. The van der Waals surface area contributed by atoms with Gasteiger partial charge in [-0.05, 0) is 19.8 Å². The summed E-state index contributed by atoms with van der Waals surface area (Å²) in [5, 5.41) is 38.0. The summed E-state index contributed by atoms with van der Waals surface area (Å²) in [4.78, 5) is 103. The zero-order valence-electron chi connectivity index (χ0n) is 23.7. The number of hydrogen-bond donors (Lipinski definition) is 11. The molecule has 0 fully saturated rings. The zero-order valence-corrected chi connectivity index (χ0v) is 23.7. The van der Waals surface area contributed by atoms with Gasteiger partial charge in [-0.15, -0.1) is 0 Å². The number of imidazole rings is 1. The number of aromatic amines is 1. The highest BCUT2D eigenvalue weighted by Crippen LogP contribution is 2.03. The standard InChI is InChI=1S/C24H37N9O11/c1-11(30-22(41)15(2-4-17(26)35)32-21(40)13(25)6-12-7-27-10-29-12)20(39)28-8-18(36)31-14(3-5-19(37)38)23(42)33-16(9-34)24(43)44/h7,10-11,13-16,34H,2-6,8-9,25H2,1H3,(H2,26,35)(H,27,29)(H,28,39)(H,30,41)(H,31,36)(H,32,40)(H,33,42)(H,37,38)(H,43,44)/t11-,13-,14-,15-,16-/m0/s1. The molecule has 0 aliphatic heterocycles. The molecule has 0 saturated heterocycles. The van der Waals surface area contributed by atoms with E-state index >= 15 is 0 Å². The molecule has 0 aromatic carbocycles. The van der Waals surface area contributed by atoms with Crippen LogP contribution in [0.3, 0.4) is 0 Å². The quantitative estimate of drug-likeness (QED) is 0.0643. The molecule has 1 rings (SSSR count). The van der Waals surface area contributed by atoms with E-state index in [0.29, 0.717) is 5.69 Å². The van der Waals surface area contributed by atoms with E-state index in [2.05, 4.69) is 31.2 Å². The molecule has 0 unspecified atom stereocenters. The second-order valence-electron chi connectivity index (χ2n) is 9.54. The number of amides is 6. The van der Waals surface area contributed by atoms with E-state index in [1.165, 1.54) is 19.4 Å². The number of aromatic nitrogens is 2. The molecule has 0 radical (unpaired) electrons. The Morgan fingerprint density at radius 1 is 0.864 bits per heavy atom. The van der Waals surface area contributed by atoms with Crippen LogP contribution in [0.1, 0.15) is 38.3 Å². The third-order valence-electron chi connectivity index (χ3n) is 5.91. The van der Waals surface area contributed by atoms with Gasteiger partial charge < -0.3 is 58.4 Å². The van der Waals surface area contributed by atoms with E-state index in [4.69, 9.17) is 26.8 Å². The molecule has 1 aromatic rings. The van der Waals surface area contributed by atoms with Crippen molar-refractivity contribution in [3.05, 3.63) is 18.2 Å². The molecule has 20 heteroatoms. The zero-order chi connectivity index (χ0) is 33.4. The van der Waals surface area contributed by atoms with Crippen LogP contribution in [0, 0.1) is 0 Å². The van der Waals surface area contributed by atoms with Gasteiger partial charge >= 0.3 is 11.9 Å². The highest BCUT2D eigenvalue weighted by Gasteiger charge is 2.29. The Morgan fingerprint density at radius 3 is 2.00 bits per heavy atom. The summed E-state index contributed by atoms with van der Waals surface area (Å²) in [6.45, 7) is -0.444. The lowest BCUT2D eigenvalue weighted by molar-refractivity contribution is -0.144. The number of carbonyl (C=O) groups is 8. The van der Waals surface area contributed by atoms with Gasteiger partial charge in [0.2, 0.25) is 35.4 Å². The number of aliphatic hydroxyl groups is 1. The Balaban J connectivity index is 2.75. The first-order valence-electron chi connectivity index (χ1n) is 13.2. The van der Waals surface area contributed by atoms with E-state index < -0.39 is 104 Å².